The average Bonchev–Trinajstić information content (AvgIpc) is 2.96. The van der Waals surface area contributed by atoms with Gasteiger partial charge < -0.3 is 5.32 Å². The third-order valence-corrected chi connectivity index (χ3v) is 4.47. The number of aromatic nitrogens is 2. The first-order valence-corrected chi connectivity index (χ1v) is 8.63. The zero-order valence-corrected chi connectivity index (χ0v) is 15.0. The SMILES string of the molecule is CCc1[nH]nc(NC(=O)Cc2ccc(-c3ccc(Cl)cc3)cc2)c1C. The highest BCUT2D eigenvalue weighted by molar-refractivity contribution is 6.30. The predicted molar refractivity (Wildman–Crippen MR) is 102 cm³/mol. The molecule has 4 nitrogen and oxygen atoms in total. The first kappa shape index (κ1) is 17.2. The molecule has 1 heterocycles. The lowest BCUT2D eigenvalue weighted by atomic mass is 10.0. The van der Waals surface area contributed by atoms with Gasteiger partial charge in [0.2, 0.25) is 5.91 Å². The molecule has 3 rings (SSSR count). The molecule has 25 heavy (non-hydrogen) atoms. The summed E-state index contributed by atoms with van der Waals surface area (Å²) in [5, 5.41) is 10.7. The van der Waals surface area contributed by atoms with E-state index in [0.29, 0.717) is 12.2 Å². The number of hydrogen-bond donors (Lipinski definition) is 2. The maximum atomic E-state index is 12.2. The summed E-state index contributed by atoms with van der Waals surface area (Å²) >= 11 is 5.92. The molecule has 1 aromatic heterocycles. The summed E-state index contributed by atoms with van der Waals surface area (Å²) in [5.41, 5.74) is 5.19. The Labute approximate surface area is 152 Å². The van der Waals surface area contributed by atoms with Crippen LogP contribution < -0.4 is 5.32 Å². The molecule has 0 atom stereocenters. The van der Waals surface area contributed by atoms with Gasteiger partial charge in [0.1, 0.15) is 0 Å². The van der Waals surface area contributed by atoms with Crippen molar-refractivity contribution in [3.05, 3.63) is 70.4 Å². The van der Waals surface area contributed by atoms with Gasteiger partial charge in [-0.05, 0) is 42.2 Å². The Kier molecular flexibility index (Phi) is 5.19. The number of nitrogens with zero attached hydrogens (tertiary/aromatic N) is 1. The lowest BCUT2D eigenvalue weighted by Gasteiger charge is -2.06. The molecule has 0 bridgehead atoms. The average molecular weight is 354 g/mol. The maximum absolute atomic E-state index is 12.2. The second-order valence-electron chi connectivity index (χ2n) is 5.96. The highest BCUT2D eigenvalue weighted by Crippen LogP contribution is 2.22. The van der Waals surface area contributed by atoms with Gasteiger partial charge in [-0.15, -0.1) is 0 Å². The fourth-order valence-corrected chi connectivity index (χ4v) is 2.84. The van der Waals surface area contributed by atoms with Gasteiger partial charge in [-0.1, -0.05) is 54.9 Å². The van der Waals surface area contributed by atoms with Crippen LogP contribution in [-0.2, 0) is 17.6 Å². The largest absolute Gasteiger partial charge is 0.309 e. The second-order valence-corrected chi connectivity index (χ2v) is 6.39. The van der Waals surface area contributed by atoms with Gasteiger partial charge in [-0.25, -0.2) is 0 Å². The maximum Gasteiger partial charge on any atom is 0.230 e. The van der Waals surface area contributed by atoms with E-state index in [1.54, 1.807) is 0 Å². The summed E-state index contributed by atoms with van der Waals surface area (Å²) in [5.74, 6) is 0.538. The molecule has 1 amide bonds. The molecule has 0 aliphatic rings. The van der Waals surface area contributed by atoms with Crippen molar-refractivity contribution in [2.24, 2.45) is 0 Å². The number of rotatable bonds is 5. The summed E-state index contributed by atoms with van der Waals surface area (Å²) < 4.78 is 0. The number of H-pyrrole nitrogens is 1. The Morgan fingerprint density at radius 3 is 2.24 bits per heavy atom. The van der Waals surface area contributed by atoms with Crippen molar-refractivity contribution in [3.63, 3.8) is 0 Å². The van der Waals surface area contributed by atoms with Gasteiger partial charge in [0.15, 0.2) is 5.82 Å². The van der Waals surface area contributed by atoms with Crippen LogP contribution in [0.15, 0.2) is 48.5 Å². The smallest absolute Gasteiger partial charge is 0.230 e. The van der Waals surface area contributed by atoms with Gasteiger partial charge in [-0.2, -0.15) is 5.10 Å². The van der Waals surface area contributed by atoms with Crippen molar-refractivity contribution >= 4 is 23.3 Å². The minimum absolute atomic E-state index is 0.0727. The first-order chi connectivity index (χ1) is 12.1. The summed E-state index contributed by atoms with van der Waals surface area (Å²) in [4.78, 5) is 12.2. The van der Waals surface area contributed by atoms with Gasteiger partial charge in [-0.3, -0.25) is 9.89 Å². The van der Waals surface area contributed by atoms with E-state index in [0.717, 1.165) is 39.4 Å². The minimum atomic E-state index is -0.0727. The van der Waals surface area contributed by atoms with Crippen molar-refractivity contribution in [2.75, 3.05) is 5.32 Å². The number of carbonyl (C=O) groups excluding carboxylic acids is 1. The summed E-state index contributed by atoms with van der Waals surface area (Å²) in [6.45, 7) is 4.01. The van der Waals surface area contributed by atoms with E-state index in [-0.39, 0.29) is 5.91 Å². The molecule has 0 fully saturated rings. The number of halogens is 1. The third kappa shape index (κ3) is 4.09. The van der Waals surface area contributed by atoms with E-state index >= 15 is 0 Å². The predicted octanol–water partition coefficient (Wildman–Crippen LogP) is 4.78. The molecular weight excluding hydrogens is 334 g/mol. The van der Waals surface area contributed by atoms with Crippen LogP contribution in [0, 0.1) is 6.92 Å². The van der Waals surface area contributed by atoms with Gasteiger partial charge in [0.25, 0.3) is 0 Å². The molecular formula is C20H20ClN3O. The molecule has 0 spiro atoms. The number of aromatic amines is 1. The monoisotopic (exact) mass is 353 g/mol. The molecule has 0 saturated carbocycles. The highest BCUT2D eigenvalue weighted by atomic mass is 35.5. The molecule has 3 aromatic rings. The fourth-order valence-electron chi connectivity index (χ4n) is 2.72. The van der Waals surface area contributed by atoms with Crippen molar-refractivity contribution in [3.8, 4) is 11.1 Å². The van der Waals surface area contributed by atoms with E-state index < -0.39 is 0 Å². The Bertz CT molecular complexity index is 867. The standard InChI is InChI=1S/C20H20ClN3O/c1-3-18-13(2)20(24-23-18)22-19(25)12-14-4-6-15(7-5-14)16-8-10-17(21)11-9-16/h4-11H,3,12H2,1-2H3,(H2,22,23,24,25). The van der Waals surface area contributed by atoms with Crippen molar-refractivity contribution in [1.82, 2.24) is 10.2 Å². The Morgan fingerprint density at radius 1 is 1.08 bits per heavy atom. The zero-order valence-electron chi connectivity index (χ0n) is 14.3. The molecule has 0 aliphatic heterocycles. The highest BCUT2D eigenvalue weighted by Gasteiger charge is 2.11. The number of anilines is 1. The fraction of sp³-hybridized carbons (Fsp3) is 0.200. The van der Waals surface area contributed by atoms with Crippen LogP contribution >= 0.6 is 11.6 Å². The first-order valence-electron chi connectivity index (χ1n) is 8.25. The van der Waals surface area contributed by atoms with Crippen LogP contribution in [0.5, 0.6) is 0 Å². The van der Waals surface area contributed by atoms with Gasteiger partial charge in [0, 0.05) is 16.3 Å². The third-order valence-electron chi connectivity index (χ3n) is 4.22. The second kappa shape index (κ2) is 7.53. The van der Waals surface area contributed by atoms with Crippen LogP contribution in [0.3, 0.4) is 0 Å². The normalized spacial score (nSPS) is 10.7. The van der Waals surface area contributed by atoms with Crippen LogP contribution in [0.4, 0.5) is 5.82 Å². The van der Waals surface area contributed by atoms with Crippen LogP contribution in [0.2, 0.25) is 5.02 Å². The van der Waals surface area contributed by atoms with Crippen molar-refractivity contribution < 1.29 is 4.79 Å². The lowest BCUT2D eigenvalue weighted by Crippen LogP contribution is -2.15. The molecule has 2 aromatic carbocycles. The Hall–Kier alpha value is -2.59. The quantitative estimate of drug-likeness (QED) is 0.693. The Balaban J connectivity index is 1.65. The van der Waals surface area contributed by atoms with Crippen LogP contribution in [-0.4, -0.2) is 16.1 Å². The minimum Gasteiger partial charge on any atom is -0.309 e. The molecule has 0 aliphatic carbocycles. The summed E-state index contributed by atoms with van der Waals surface area (Å²) in [6.07, 6.45) is 1.18. The topological polar surface area (TPSA) is 57.8 Å². The van der Waals surface area contributed by atoms with Gasteiger partial charge in [0.05, 0.1) is 6.42 Å². The number of aryl methyl sites for hydroxylation is 1. The molecule has 0 saturated heterocycles. The van der Waals surface area contributed by atoms with E-state index in [1.165, 1.54) is 0 Å². The lowest BCUT2D eigenvalue weighted by molar-refractivity contribution is -0.115. The Morgan fingerprint density at radius 2 is 1.68 bits per heavy atom. The summed E-state index contributed by atoms with van der Waals surface area (Å²) in [7, 11) is 0. The summed E-state index contributed by atoms with van der Waals surface area (Å²) in [6, 6.07) is 15.7. The van der Waals surface area contributed by atoms with Crippen molar-refractivity contribution in [1.29, 1.82) is 0 Å². The van der Waals surface area contributed by atoms with E-state index in [1.807, 2.05) is 62.4 Å². The molecule has 5 heteroatoms. The van der Waals surface area contributed by atoms with Crippen LogP contribution in [0.1, 0.15) is 23.7 Å². The number of hydrogen-bond acceptors (Lipinski definition) is 2. The molecule has 0 radical (unpaired) electrons. The number of benzene rings is 2. The number of carbonyl (C=O) groups is 1. The van der Waals surface area contributed by atoms with Gasteiger partial charge >= 0.3 is 0 Å². The van der Waals surface area contributed by atoms with E-state index in [4.69, 9.17) is 11.6 Å². The molecule has 0 unspecified atom stereocenters. The molecule has 2 N–H and O–H groups in total. The zero-order chi connectivity index (χ0) is 17.8. The van der Waals surface area contributed by atoms with Crippen LogP contribution in [0.25, 0.3) is 11.1 Å². The number of amides is 1. The van der Waals surface area contributed by atoms with Crippen molar-refractivity contribution in [2.45, 2.75) is 26.7 Å². The van der Waals surface area contributed by atoms with E-state index in [2.05, 4.69) is 15.5 Å². The molecule has 128 valence electrons. The number of nitrogens with one attached hydrogen (secondary N) is 2. The van der Waals surface area contributed by atoms with E-state index in [9.17, 15) is 4.79 Å².